The van der Waals surface area contributed by atoms with E-state index < -0.39 is 9.84 Å². The maximum atomic E-state index is 12.1. The fraction of sp³-hybridized carbons (Fsp3) is 0.600. The van der Waals surface area contributed by atoms with Gasteiger partial charge in [-0.1, -0.05) is 38.1 Å². The summed E-state index contributed by atoms with van der Waals surface area (Å²) >= 11 is 0. The summed E-state index contributed by atoms with van der Waals surface area (Å²) in [6.07, 6.45) is 2.14. The minimum absolute atomic E-state index is 0. The van der Waals surface area contributed by atoms with Gasteiger partial charge in [-0.3, -0.25) is 4.79 Å². The van der Waals surface area contributed by atoms with Crippen LogP contribution in [0.4, 0.5) is 0 Å². The molecule has 1 unspecified atom stereocenters. The highest BCUT2D eigenvalue weighted by Crippen LogP contribution is 2.13. The number of nitrogens with one attached hydrogen (secondary N) is 2. The number of carbonyl (C=O) groups excluding carboxylic acids is 1. The number of nitrogens with zero attached hydrogens (tertiary/aromatic N) is 2. The Bertz CT molecular complexity index is 794. The minimum atomic E-state index is -3.03. The van der Waals surface area contributed by atoms with Crippen LogP contribution in [-0.4, -0.2) is 57.1 Å². The molecule has 164 valence electrons. The van der Waals surface area contributed by atoms with E-state index in [9.17, 15) is 13.2 Å². The second-order valence-electron chi connectivity index (χ2n) is 7.65. The van der Waals surface area contributed by atoms with Crippen molar-refractivity contribution in [2.75, 3.05) is 25.9 Å². The van der Waals surface area contributed by atoms with Crippen LogP contribution in [-0.2, 0) is 26.9 Å². The molecule has 7 nitrogen and oxygen atoms in total. The molecule has 29 heavy (non-hydrogen) atoms. The monoisotopic (exact) mass is 536 g/mol. The van der Waals surface area contributed by atoms with Crippen molar-refractivity contribution in [3.8, 4) is 0 Å². The Morgan fingerprint density at radius 3 is 2.41 bits per heavy atom. The number of halogens is 1. The molecule has 2 rings (SSSR count). The number of sulfone groups is 1. The second-order valence-corrected chi connectivity index (χ2v) is 9.79. The molecule has 0 aromatic heterocycles. The Balaban J connectivity index is 0.00000420. The van der Waals surface area contributed by atoms with E-state index >= 15 is 0 Å². The van der Waals surface area contributed by atoms with E-state index in [1.165, 1.54) is 6.26 Å². The first-order valence-corrected chi connectivity index (χ1v) is 11.8. The summed E-state index contributed by atoms with van der Waals surface area (Å²) in [5.41, 5.74) is 1.79. The molecular formula is C20H33IN4O3S. The molecule has 1 aliphatic heterocycles. The largest absolute Gasteiger partial charge is 0.357 e. The van der Waals surface area contributed by atoms with Gasteiger partial charge in [0.2, 0.25) is 5.91 Å². The van der Waals surface area contributed by atoms with Gasteiger partial charge < -0.3 is 15.5 Å². The SMILES string of the molecule is CCNC(=NCc1ccc(CS(C)(=O)=O)cc1)NC1CCN(C(=O)C(C)C)C1.I. The number of aliphatic imine (C=N–C) groups is 1. The third kappa shape index (κ3) is 8.90. The van der Waals surface area contributed by atoms with E-state index in [2.05, 4.69) is 15.6 Å². The number of benzene rings is 1. The van der Waals surface area contributed by atoms with Crippen molar-refractivity contribution < 1.29 is 13.2 Å². The number of guanidine groups is 1. The molecule has 0 saturated carbocycles. The Morgan fingerprint density at radius 1 is 1.24 bits per heavy atom. The fourth-order valence-electron chi connectivity index (χ4n) is 3.17. The maximum absolute atomic E-state index is 12.1. The summed E-state index contributed by atoms with van der Waals surface area (Å²) in [5.74, 6) is 0.992. The molecule has 1 aromatic carbocycles. The normalized spacial score (nSPS) is 17.2. The summed E-state index contributed by atoms with van der Waals surface area (Å²) in [7, 11) is -3.03. The van der Waals surface area contributed by atoms with Gasteiger partial charge in [0.15, 0.2) is 15.8 Å². The zero-order valence-electron chi connectivity index (χ0n) is 17.6. The van der Waals surface area contributed by atoms with Gasteiger partial charge >= 0.3 is 0 Å². The van der Waals surface area contributed by atoms with Crippen LogP contribution in [0.2, 0.25) is 0 Å². The van der Waals surface area contributed by atoms with Crippen molar-refractivity contribution in [1.82, 2.24) is 15.5 Å². The van der Waals surface area contributed by atoms with Crippen LogP contribution in [0.3, 0.4) is 0 Å². The molecular weight excluding hydrogens is 503 g/mol. The summed E-state index contributed by atoms with van der Waals surface area (Å²) in [4.78, 5) is 18.7. The Hall–Kier alpha value is -1.36. The lowest BCUT2D eigenvalue weighted by atomic mass is 10.1. The van der Waals surface area contributed by atoms with Gasteiger partial charge in [0.05, 0.1) is 12.3 Å². The molecule has 2 N–H and O–H groups in total. The van der Waals surface area contributed by atoms with Gasteiger partial charge in [0.25, 0.3) is 0 Å². The number of rotatable bonds is 7. The number of likely N-dealkylation sites (tertiary alicyclic amines) is 1. The quantitative estimate of drug-likeness (QED) is 0.317. The molecule has 0 aliphatic carbocycles. The average Bonchev–Trinajstić information content (AvgIpc) is 3.07. The van der Waals surface area contributed by atoms with E-state index in [0.717, 1.165) is 36.6 Å². The van der Waals surface area contributed by atoms with Crippen LogP contribution in [0.15, 0.2) is 29.3 Å². The topological polar surface area (TPSA) is 90.9 Å². The Morgan fingerprint density at radius 2 is 1.86 bits per heavy atom. The number of hydrogen-bond acceptors (Lipinski definition) is 4. The van der Waals surface area contributed by atoms with E-state index in [4.69, 9.17) is 0 Å². The zero-order valence-corrected chi connectivity index (χ0v) is 20.8. The lowest BCUT2D eigenvalue weighted by Gasteiger charge is -2.20. The highest BCUT2D eigenvalue weighted by atomic mass is 127. The van der Waals surface area contributed by atoms with Gasteiger partial charge in [-0.2, -0.15) is 0 Å². The van der Waals surface area contributed by atoms with E-state index in [-0.39, 0.29) is 47.6 Å². The molecule has 9 heteroatoms. The van der Waals surface area contributed by atoms with Gasteiger partial charge in [0, 0.05) is 37.8 Å². The molecule has 1 aliphatic rings. The predicted octanol–water partition coefficient (Wildman–Crippen LogP) is 2.16. The first-order chi connectivity index (χ1) is 13.2. The molecule has 1 aromatic rings. The third-order valence-electron chi connectivity index (χ3n) is 4.55. The number of amides is 1. The molecule has 0 radical (unpaired) electrons. The first kappa shape index (κ1) is 25.7. The Kier molecular flexibility index (Phi) is 10.4. The molecule has 1 saturated heterocycles. The van der Waals surface area contributed by atoms with Crippen LogP contribution in [0.1, 0.15) is 38.3 Å². The van der Waals surface area contributed by atoms with Gasteiger partial charge in [-0.15, -0.1) is 24.0 Å². The average molecular weight is 536 g/mol. The molecule has 1 heterocycles. The van der Waals surface area contributed by atoms with Crippen molar-refractivity contribution in [3.05, 3.63) is 35.4 Å². The van der Waals surface area contributed by atoms with Gasteiger partial charge in [-0.25, -0.2) is 13.4 Å². The fourth-order valence-corrected chi connectivity index (χ4v) is 3.97. The molecule has 0 bridgehead atoms. The van der Waals surface area contributed by atoms with Gasteiger partial charge in [0.1, 0.15) is 0 Å². The van der Waals surface area contributed by atoms with E-state index in [0.29, 0.717) is 13.1 Å². The molecule has 1 fully saturated rings. The van der Waals surface area contributed by atoms with Crippen LogP contribution in [0, 0.1) is 5.92 Å². The van der Waals surface area contributed by atoms with Crippen LogP contribution in [0.5, 0.6) is 0 Å². The lowest BCUT2D eigenvalue weighted by molar-refractivity contribution is -0.133. The van der Waals surface area contributed by atoms with E-state index in [1.807, 2.05) is 49.9 Å². The highest BCUT2D eigenvalue weighted by Gasteiger charge is 2.27. The summed E-state index contributed by atoms with van der Waals surface area (Å²) in [5, 5.41) is 6.66. The maximum Gasteiger partial charge on any atom is 0.225 e. The van der Waals surface area contributed by atoms with Crippen molar-refractivity contribution in [2.45, 2.75) is 45.5 Å². The van der Waals surface area contributed by atoms with Crippen molar-refractivity contribution in [2.24, 2.45) is 10.9 Å². The number of hydrogen-bond donors (Lipinski definition) is 2. The summed E-state index contributed by atoms with van der Waals surface area (Å²) in [6, 6.07) is 7.67. The number of carbonyl (C=O) groups is 1. The predicted molar refractivity (Wildman–Crippen MR) is 128 cm³/mol. The highest BCUT2D eigenvalue weighted by molar-refractivity contribution is 14.0. The molecule has 0 spiro atoms. The second kappa shape index (κ2) is 11.7. The zero-order chi connectivity index (χ0) is 20.7. The third-order valence-corrected chi connectivity index (χ3v) is 5.41. The summed E-state index contributed by atoms with van der Waals surface area (Å²) < 4.78 is 22.8. The smallest absolute Gasteiger partial charge is 0.225 e. The standard InChI is InChI=1S/C20H32N4O3S.HI/c1-5-21-20(23-18-10-11-24(13-18)19(25)15(2)3)22-12-16-6-8-17(9-7-16)14-28(4,26)27;/h6-9,15,18H,5,10-14H2,1-4H3,(H2,21,22,23);1H. The van der Waals surface area contributed by atoms with E-state index in [1.54, 1.807) is 0 Å². The first-order valence-electron chi connectivity index (χ1n) is 9.77. The van der Waals surface area contributed by atoms with Crippen molar-refractivity contribution in [3.63, 3.8) is 0 Å². The molecule has 1 atom stereocenters. The van der Waals surface area contributed by atoms with Crippen LogP contribution >= 0.6 is 24.0 Å². The minimum Gasteiger partial charge on any atom is -0.357 e. The lowest BCUT2D eigenvalue weighted by Crippen LogP contribution is -2.45. The molecule has 1 amide bonds. The van der Waals surface area contributed by atoms with Crippen LogP contribution < -0.4 is 10.6 Å². The summed E-state index contributed by atoms with van der Waals surface area (Å²) in [6.45, 7) is 8.58. The van der Waals surface area contributed by atoms with Crippen molar-refractivity contribution >= 4 is 45.7 Å². The van der Waals surface area contributed by atoms with Gasteiger partial charge in [-0.05, 0) is 24.5 Å². The van der Waals surface area contributed by atoms with Crippen molar-refractivity contribution in [1.29, 1.82) is 0 Å². The van der Waals surface area contributed by atoms with Crippen LogP contribution in [0.25, 0.3) is 0 Å². The Labute approximate surface area is 191 Å².